The van der Waals surface area contributed by atoms with E-state index in [1.807, 2.05) is 0 Å². The maximum absolute atomic E-state index is 12.4. The van der Waals surface area contributed by atoms with Crippen molar-refractivity contribution in [2.45, 2.75) is 219 Å². The lowest BCUT2D eigenvalue weighted by Gasteiger charge is -2.25. The molecule has 0 bridgehead atoms. The van der Waals surface area contributed by atoms with Gasteiger partial charge in [0.25, 0.3) is 7.82 Å². The van der Waals surface area contributed by atoms with Crippen molar-refractivity contribution in [1.82, 2.24) is 0 Å². The largest absolute Gasteiger partial charge is 0.756 e. The van der Waals surface area contributed by atoms with E-state index in [-0.39, 0.29) is 44.9 Å². The van der Waals surface area contributed by atoms with Crippen molar-refractivity contribution in [3.8, 4) is 0 Å². The average Bonchev–Trinajstić information content (AvgIpc) is 3.13. The molecule has 1 unspecified atom stereocenters. The minimum absolute atomic E-state index is 0.0346. The molecule has 310 valence electrons. The first kappa shape index (κ1) is 51.0. The Bertz CT molecular complexity index is 780. The molecule has 0 rings (SSSR count). The molecule has 0 aliphatic carbocycles. The molecular formula is C42H83NO8P-. The van der Waals surface area contributed by atoms with Crippen molar-refractivity contribution < 1.29 is 37.6 Å². The summed E-state index contributed by atoms with van der Waals surface area (Å²) in [6.45, 7) is 3.86. The van der Waals surface area contributed by atoms with Crippen molar-refractivity contribution >= 4 is 19.8 Å². The van der Waals surface area contributed by atoms with E-state index in [1.165, 1.54) is 154 Å². The van der Waals surface area contributed by atoms with E-state index in [0.29, 0.717) is 12.8 Å². The first-order valence-corrected chi connectivity index (χ1v) is 23.4. The number of hydrogen-bond acceptors (Lipinski definition) is 9. The van der Waals surface area contributed by atoms with E-state index in [0.717, 1.165) is 38.5 Å². The van der Waals surface area contributed by atoms with E-state index >= 15 is 0 Å². The number of unbranched alkanes of at least 4 members (excludes halogenated alkanes) is 28. The summed E-state index contributed by atoms with van der Waals surface area (Å²) in [5, 5.41) is 0. The van der Waals surface area contributed by atoms with Crippen molar-refractivity contribution in [2.24, 2.45) is 11.7 Å². The fourth-order valence-electron chi connectivity index (χ4n) is 6.39. The third-order valence-electron chi connectivity index (χ3n) is 9.76. The maximum Gasteiger partial charge on any atom is 0.305 e. The molecular weight excluding hydrogens is 677 g/mol. The van der Waals surface area contributed by atoms with Crippen molar-refractivity contribution in [1.29, 1.82) is 0 Å². The van der Waals surface area contributed by atoms with E-state index in [9.17, 15) is 19.0 Å². The second kappa shape index (κ2) is 39.7. The van der Waals surface area contributed by atoms with Gasteiger partial charge in [-0.15, -0.1) is 0 Å². The van der Waals surface area contributed by atoms with Gasteiger partial charge in [0.05, 0.1) is 32.3 Å². The smallest absolute Gasteiger partial charge is 0.305 e. The van der Waals surface area contributed by atoms with Crippen LogP contribution in [0.2, 0.25) is 0 Å². The standard InChI is InChI=1S/C42H84NO8P/c1-3-5-7-9-11-13-15-17-19-21-23-25-27-29-31-33-41(44)48-37-40(39-51-52(46,47)50-36-35-43)38-49-42(45)34-32-30-28-26-24-22-20-18-16-14-12-10-8-6-4-2/h40H,3-39,43H2,1-2H3,(H,46,47)/p-1. The number of nitrogens with two attached hydrogens (primary N) is 1. The Hall–Kier alpha value is -0.990. The molecule has 10 heteroatoms. The Labute approximate surface area is 320 Å². The number of esters is 2. The number of ether oxygens (including phenoxy) is 2. The Morgan fingerprint density at radius 1 is 0.481 bits per heavy atom. The molecule has 0 saturated carbocycles. The molecule has 52 heavy (non-hydrogen) atoms. The van der Waals surface area contributed by atoms with Crippen molar-refractivity contribution in [2.75, 3.05) is 33.0 Å². The van der Waals surface area contributed by atoms with E-state index in [1.54, 1.807) is 0 Å². The lowest BCUT2D eigenvalue weighted by Crippen LogP contribution is -2.26. The van der Waals surface area contributed by atoms with Crippen LogP contribution in [0, 0.1) is 5.92 Å². The number of phosphoric ester groups is 1. The Kier molecular flexibility index (Phi) is 38.9. The first-order valence-electron chi connectivity index (χ1n) is 22.0. The van der Waals surface area contributed by atoms with Crippen molar-refractivity contribution in [3.63, 3.8) is 0 Å². The second-order valence-corrected chi connectivity index (χ2v) is 16.4. The van der Waals surface area contributed by atoms with Crippen LogP contribution in [0.4, 0.5) is 0 Å². The Morgan fingerprint density at radius 3 is 1.06 bits per heavy atom. The van der Waals surface area contributed by atoms with Crippen LogP contribution in [-0.2, 0) is 32.7 Å². The highest BCUT2D eigenvalue weighted by Crippen LogP contribution is 2.38. The predicted molar refractivity (Wildman–Crippen MR) is 213 cm³/mol. The minimum atomic E-state index is -4.56. The van der Waals surface area contributed by atoms with Crippen LogP contribution in [0.3, 0.4) is 0 Å². The zero-order chi connectivity index (χ0) is 38.2. The van der Waals surface area contributed by atoms with Gasteiger partial charge in [0, 0.05) is 19.4 Å². The molecule has 0 fully saturated rings. The lowest BCUT2D eigenvalue weighted by molar-refractivity contribution is -0.226. The summed E-state index contributed by atoms with van der Waals surface area (Å²) >= 11 is 0. The van der Waals surface area contributed by atoms with Gasteiger partial charge in [-0.3, -0.25) is 14.2 Å². The normalized spacial score (nSPS) is 12.7. The Balaban J connectivity index is 4.09. The first-order chi connectivity index (χ1) is 25.3. The minimum Gasteiger partial charge on any atom is -0.756 e. The third-order valence-corrected chi connectivity index (χ3v) is 10.7. The molecule has 2 N–H and O–H groups in total. The average molecular weight is 761 g/mol. The number of carbonyl (C=O) groups is 2. The van der Waals surface area contributed by atoms with E-state index in [4.69, 9.17) is 24.3 Å². The molecule has 0 aromatic carbocycles. The number of hydrogen-bond donors (Lipinski definition) is 1. The third kappa shape index (κ3) is 38.7. The number of phosphoric acid groups is 1. The molecule has 0 aromatic heterocycles. The molecule has 0 spiro atoms. The van der Waals surface area contributed by atoms with Crippen LogP contribution in [0.1, 0.15) is 219 Å². The number of rotatable bonds is 42. The van der Waals surface area contributed by atoms with Crippen LogP contribution in [0.5, 0.6) is 0 Å². The van der Waals surface area contributed by atoms with Gasteiger partial charge in [0.15, 0.2) is 0 Å². The van der Waals surface area contributed by atoms with Gasteiger partial charge >= 0.3 is 11.9 Å². The summed E-state index contributed by atoms with van der Waals surface area (Å²) < 4.78 is 32.5. The van der Waals surface area contributed by atoms with E-state index in [2.05, 4.69) is 13.8 Å². The summed E-state index contributed by atoms with van der Waals surface area (Å²) in [6, 6.07) is 0. The summed E-state index contributed by atoms with van der Waals surface area (Å²) in [6.07, 6.45) is 38.3. The highest BCUT2D eigenvalue weighted by molar-refractivity contribution is 7.45. The molecule has 0 aliphatic heterocycles. The molecule has 0 aliphatic rings. The quantitative estimate of drug-likeness (QED) is 0.0366. The topological polar surface area (TPSA) is 137 Å². The van der Waals surface area contributed by atoms with Gasteiger partial charge < -0.3 is 29.1 Å². The zero-order valence-corrected chi connectivity index (χ0v) is 34.9. The molecule has 0 saturated heterocycles. The van der Waals surface area contributed by atoms with Crippen LogP contribution < -0.4 is 10.6 Å². The highest BCUT2D eigenvalue weighted by Gasteiger charge is 2.19. The Morgan fingerprint density at radius 2 is 0.769 bits per heavy atom. The van der Waals surface area contributed by atoms with Gasteiger partial charge in [-0.05, 0) is 12.8 Å². The predicted octanol–water partition coefficient (Wildman–Crippen LogP) is 11.7. The van der Waals surface area contributed by atoms with Gasteiger partial charge in [-0.2, -0.15) is 0 Å². The van der Waals surface area contributed by atoms with Crippen LogP contribution in [-0.4, -0.2) is 44.9 Å². The summed E-state index contributed by atoms with van der Waals surface area (Å²) in [4.78, 5) is 36.8. The zero-order valence-electron chi connectivity index (χ0n) is 34.0. The van der Waals surface area contributed by atoms with Gasteiger partial charge in [-0.1, -0.05) is 194 Å². The summed E-state index contributed by atoms with van der Waals surface area (Å²) in [5.74, 6) is -1.30. The van der Waals surface area contributed by atoms with E-state index < -0.39 is 13.7 Å². The number of carbonyl (C=O) groups excluding carboxylic acids is 2. The second-order valence-electron chi connectivity index (χ2n) is 15.0. The molecule has 0 amide bonds. The fourth-order valence-corrected chi connectivity index (χ4v) is 7.19. The monoisotopic (exact) mass is 761 g/mol. The van der Waals surface area contributed by atoms with Crippen molar-refractivity contribution in [3.05, 3.63) is 0 Å². The fraction of sp³-hybridized carbons (Fsp3) is 0.952. The molecule has 0 aromatic rings. The molecule has 1 atom stereocenters. The highest BCUT2D eigenvalue weighted by atomic mass is 31.2. The van der Waals surface area contributed by atoms with Crippen LogP contribution in [0.15, 0.2) is 0 Å². The lowest BCUT2D eigenvalue weighted by atomic mass is 10.0. The maximum atomic E-state index is 12.4. The van der Waals surface area contributed by atoms with Crippen LogP contribution >= 0.6 is 7.82 Å². The van der Waals surface area contributed by atoms with Gasteiger partial charge in [0.2, 0.25) is 0 Å². The van der Waals surface area contributed by atoms with Gasteiger partial charge in [-0.25, -0.2) is 0 Å². The molecule has 9 nitrogen and oxygen atoms in total. The molecule has 0 radical (unpaired) electrons. The SMILES string of the molecule is CCCCCCCCCCCCCCCCCC(=O)OCC(COC(=O)CCCCCCCCCCCCCCCCC)COP(=O)([O-])OCCN. The van der Waals surface area contributed by atoms with Gasteiger partial charge in [0.1, 0.15) is 0 Å². The summed E-state index contributed by atoms with van der Waals surface area (Å²) in [5.41, 5.74) is 5.33. The van der Waals surface area contributed by atoms with Crippen LogP contribution in [0.25, 0.3) is 0 Å². The molecule has 0 heterocycles. The summed E-state index contributed by atoms with van der Waals surface area (Å²) in [7, 11) is -4.56.